The van der Waals surface area contributed by atoms with Gasteiger partial charge in [0.05, 0.1) is 12.0 Å². The van der Waals surface area contributed by atoms with Crippen LogP contribution in [0.15, 0.2) is 24.3 Å². The van der Waals surface area contributed by atoms with Gasteiger partial charge in [-0.3, -0.25) is 9.59 Å². The minimum atomic E-state index is -0.448. The molecule has 1 aromatic heterocycles. The summed E-state index contributed by atoms with van der Waals surface area (Å²) in [7, 11) is 1.61. The predicted molar refractivity (Wildman–Crippen MR) is 83.5 cm³/mol. The Morgan fingerprint density at radius 3 is 2.45 bits per heavy atom. The SMILES string of the molecule is COc1ccc(Cc2sc(NC(C)=O)nc2OC(C)=O)cc1. The molecule has 0 radical (unpaired) electrons. The molecule has 0 aliphatic rings. The van der Waals surface area contributed by atoms with Crippen LogP contribution in [-0.4, -0.2) is 24.0 Å². The molecular formula is C15H16N2O4S. The van der Waals surface area contributed by atoms with Gasteiger partial charge in [-0.1, -0.05) is 23.5 Å². The number of esters is 1. The lowest BCUT2D eigenvalue weighted by molar-refractivity contribution is -0.132. The van der Waals surface area contributed by atoms with E-state index in [4.69, 9.17) is 9.47 Å². The number of benzene rings is 1. The lowest BCUT2D eigenvalue weighted by atomic mass is 10.1. The summed E-state index contributed by atoms with van der Waals surface area (Å²) in [6, 6.07) is 7.57. The number of amides is 1. The number of carbonyl (C=O) groups excluding carboxylic acids is 2. The van der Waals surface area contributed by atoms with Crippen molar-refractivity contribution in [1.82, 2.24) is 4.98 Å². The average molecular weight is 320 g/mol. The van der Waals surface area contributed by atoms with Gasteiger partial charge < -0.3 is 14.8 Å². The molecule has 0 saturated carbocycles. The number of hydrogen-bond acceptors (Lipinski definition) is 6. The molecule has 116 valence electrons. The van der Waals surface area contributed by atoms with Gasteiger partial charge in [0.25, 0.3) is 0 Å². The Bertz CT molecular complexity index is 679. The fourth-order valence-electron chi connectivity index (χ4n) is 1.80. The van der Waals surface area contributed by atoms with Crippen molar-refractivity contribution < 1.29 is 19.1 Å². The molecule has 0 bridgehead atoms. The maximum absolute atomic E-state index is 11.2. The summed E-state index contributed by atoms with van der Waals surface area (Å²) in [5, 5.41) is 3.01. The van der Waals surface area contributed by atoms with Crippen molar-refractivity contribution >= 4 is 28.3 Å². The van der Waals surface area contributed by atoms with Crippen LogP contribution in [0.5, 0.6) is 11.6 Å². The average Bonchev–Trinajstić information content (AvgIpc) is 2.79. The Balaban J connectivity index is 2.24. The molecule has 1 amide bonds. The summed E-state index contributed by atoms with van der Waals surface area (Å²) in [6.07, 6.45) is 0.545. The van der Waals surface area contributed by atoms with Gasteiger partial charge >= 0.3 is 5.97 Å². The van der Waals surface area contributed by atoms with Crippen LogP contribution in [-0.2, 0) is 16.0 Å². The fraction of sp³-hybridized carbons (Fsp3) is 0.267. The van der Waals surface area contributed by atoms with Crippen molar-refractivity contribution in [2.24, 2.45) is 0 Å². The van der Waals surface area contributed by atoms with E-state index in [-0.39, 0.29) is 11.8 Å². The number of anilines is 1. The second-order valence-corrected chi connectivity index (χ2v) is 5.63. The molecule has 22 heavy (non-hydrogen) atoms. The highest BCUT2D eigenvalue weighted by Crippen LogP contribution is 2.31. The Morgan fingerprint density at radius 2 is 1.91 bits per heavy atom. The lowest BCUT2D eigenvalue weighted by Crippen LogP contribution is -2.06. The first kappa shape index (κ1) is 16.0. The standard InChI is InChI=1S/C15H16N2O4S/c1-9(18)16-15-17-14(21-10(2)19)13(22-15)8-11-4-6-12(20-3)7-5-11/h4-7H,8H2,1-3H3,(H,16,17,18). The van der Waals surface area contributed by atoms with Crippen LogP contribution in [0.25, 0.3) is 0 Å². The molecule has 0 unspecified atom stereocenters. The molecule has 1 aromatic carbocycles. The van der Waals surface area contributed by atoms with Gasteiger partial charge in [-0.25, -0.2) is 0 Å². The minimum absolute atomic E-state index is 0.223. The Hall–Kier alpha value is -2.41. The third-order valence-electron chi connectivity index (χ3n) is 2.71. The largest absolute Gasteiger partial charge is 0.497 e. The van der Waals surface area contributed by atoms with Gasteiger partial charge in [-0.05, 0) is 17.7 Å². The second-order valence-electron chi connectivity index (χ2n) is 4.55. The highest BCUT2D eigenvalue weighted by atomic mass is 32.1. The molecule has 0 fully saturated rings. The maximum atomic E-state index is 11.2. The normalized spacial score (nSPS) is 10.1. The van der Waals surface area contributed by atoms with Gasteiger partial charge in [-0.2, -0.15) is 4.98 Å². The summed E-state index contributed by atoms with van der Waals surface area (Å²) in [5.41, 5.74) is 1.02. The smallest absolute Gasteiger partial charge is 0.309 e. The van der Waals surface area contributed by atoms with E-state index < -0.39 is 5.97 Å². The molecule has 1 N–H and O–H groups in total. The second kappa shape index (κ2) is 7.04. The number of rotatable bonds is 5. The third-order valence-corrected chi connectivity index (χ3v) is 3.66. The Morgan fingerprint density at radius 1 is 1.23 bits per heavy atom. The lowest BCUT2D eigenvalue weighted by Gasteiger charge is -2.03. The molecule has 6 nitrogen and oxygen atoms in total. The zero-order valence-electron chi connectivity index (χ0n) is 12.5. The highest BCUT2D eigenvalue weighted by molar-refractivity contribution is 7.16. The minimum Gasteiger partial charge on any atom is -0.497 e. The quantitative estimate of drug-likeness (QED) is 0.857. The molecule has 0 atom stereocenters. The number of methoxy groups -OCH3 is 1. The number of carbonyl (C=O) groups is 2. The van der Waals surface area contributed by atoms with Gasteiger partial charge in [0.2, 0.25) is 11.8 Å². The first-order valence-corrected chi connectivity index (χ1v) is 7.38. The number of nitrogens with zero attached hydrogens (tertiary/aromatic N) is 1. The van der Waals surface area contributed by atoms with Crippen molar-refractivity contribution in [3.05, 3.63) is 34.7 Å². The zero-order valence-corrected chi connectivity index (χ0v) is 13.3. The topological polar surface area (TPSA) is 77.5 Å². The van der Waals surface area contributed by atoms with E-state index in [1.54, 1.807) is 7.11 Å². The predicted octanol–water partition coefficient (Wildman–Crippen LogP) is 2.63. The fourth-order valence-corrected chi connectivity index (χ4v) is 2.77. The Labute approximate surface area is 132 Å². The van der Waals surface area contributed by atoms with E-state index in [1.807, 2.05) is 24.3 Å². The van der Waals surface area contributed by atoms with Crippen molar-refractivity contribution in [3.63, 3.8) is 0 Å². The van der Waals surface area contributed by atoms with Crippen LogP contribution in [0, 0.1) is 0 Å². The van der Waals surface area contributed by atoms with E-state index in [0.717, 1.165) is 16.2 Å². The molecular weight excluding hydrogens is 304 g/mol. The number of nitrogens with one attached hydrogen (secondary N) is 1. The number of thiazole rings is 1. The van der Waals surface area contributed by atoms with Crippen LogP contribution in [0.3, 0.4) is 0 Å². The van der Waals surface area contributed by atoms with E-state index in [9.17, 15) is 9.59 Å². The summed E-state index contributed by atoms with van der Waals surface area (Å²) in [5.74, 6) is 0.332. The van der Waals surface area contributed by atoms with Crippen molar-refractivity contribution in [2.45, 2.75) is 20.3 Å². The van der Waals surface area contributed by atoms with E-state index in [2.05, 4.69) is 10.3 Å². The van der Waals surface area contributed by atoms with Crippen molar-refractivity contribution in [2.75, 3.05) is 12.4 Å². The Kier molecular flexibility index (Phi) is 5.11. The first-order valence-electron chi connectivity index (χ1n) is 6.56. The van der Waals surface area contributed by atoms with Crippen LogP contribution < -0.4 is 14.8 Å². The highest BCUT2D eigenvalue weighted by Gasteiger charge is 2.15. The molecule has 0 saturated heterocycles. The van der Waals surface area contributed by atoms with Crippen LogP contribution in [0.2, 0.25) is 0 Å². The van der Waals surface area contributed by atoms with Gasteiger partial charge in [0.15, 0.2) is 5.13 Å². The van der Waals surface area contributed by atoms with Crippen molar-refractivity contribution in [1.29, 1.82) is 0 Å². The maximum Gasteiger partial charge on any atom is 0.309 e. The van der Waals surface area contributed by atoms with Crippen LogP contribution in [0.4, 0.5) is 5.13 Å². The molecule has 0 aliphatic heterocycles. The molecule has 0 spiro atoms. The first-order chi connectivity index (χ1) is 10.5. The number of aromatic nitrogens is 1. The zero-order chi connectivity index (χ0) is 16.1. The van der Waals surface area contributed by atoms with E-state index in [0.29, 0.717) is 11.6 Å². The summed E-state index contributed by atoms with van der Waals surface area (Å²) in [6.45, 7) is 2.71. The van der Waals surface area contributed by atoms with Gasteiger partial charge in [0.1, 0.15) is 5.75 Å². The van der Waals surface area contributed by atoms with E-state index in [1.165, 1.54) is 25.2 Å². The summed E-state index contributed by atoms with van der Waals surface area (Å²) < 4.78 is 10.2. The molecule has 7 heteroatoms. The van der Waals surface area contributed by atoms with Gasteiger partial charge in [-0.15, -0.1) is 0 Å². The van der Waals surface area contributed by atoms with Crippen LogP contribution in [0.1, 0.15) is 24.3 Å². The monoisotopic (exact) mass is 320 g/mol. The van der Waals surface area contributed by atoms with E-state index >= 15 is 0 Å². The van der Waals surface area contributed by atoms with Crippen molar-refractivity contribution in [3.8, 4) is 11.6 Å². The third kappa shape index (κ3) is 4.29. The molecule has 2 aromatic rings. The molecule has 2 rings (SSSR count). The van der Waals surface area contributed by atoms with Gasteiger partial charge in [0, 0.05) is 20.3 Å². The summed E-state index contributed by atoms with van der Waals surface area (Å²) in [4.78, 5) is 27.2. The molecule has 1 heterocycles. The summed E-state index contributed by atoms with van der Waals surface area (Å²) >= 11 is 1.28. The number of ether oxygens (including phenoxy) is 2. The molecule has 0 aliphatic carbocycles. The number of hydrogen-bond donors (Lipinski definition) is 1. The van der Waals surface area contributed by atoms with Crippen LogP contribution >= 0.6 is 11.3 Å².